The van der Waals surface area contributed by atoms with Gasteiger partial charge in [-0.25, -0.2) is 9.66 Å². The molecule has 0 spiro atoms. The Morgan fingerprint density at radius 1 is 1.25 bits per heavy atom. The molecule has 0 bridgehead atoms. The van der Waals surface area contributed by atoms with Crippen molar-refractivity contribution in [2.45, 2.75) is 12.8 Å². The molecule has 0 aromatic carbocycles. The fraction of sp³-hybridized carbons (Fsp3) is 0.286. The van der Waals surface area contributed by atoms with Gasteiger partial charge in [0.05, 0.1) is 0 Å². The molecule has 2 rings (SSSR count). The Labute approximate surface area is 68.6 Å². The highest BCUT2D eigenvalue weighted by Gasteiger charge is 2.30. The van der Waals surface area contributed by atoms with E-state index in [0.717, 1.165) is 5.01 Å². The predicted molar refractivity (Wildman–Crippen MR) is 39.7 cm³/mol. The van der Waals surface area contributed by atoms with Crippen LogP contribution < -0.4 is 5.01 Å². The quantitative estimate of drug-likeness (QED) is 0.535. The van der Waals surface area contributed by atoms with E-state index in [-0.39, 0.29) is 11.8 Å². The molecule has 5 nitrogen and oxygen atoms in total. The van der Waals surface area contributed by atoms with Gasteiger partial charge >= 0.3 is 0 Å². The van der Waals surface area contributed by atoms with Crippen molar-refractivity contribution in [3.8, 4) is 0 Å². The molecule has 1 aliphatic heterocycles. The molecular weight excluding hydrogens is 158 g/mol. The number of carbonyl (C=O) groups is 2. The Morgan fingerprint density at radius 2 is 1.92 bits per heavy atom. The monoisotopic (exact) mass is 165 g/mol. The maximum atomic E-state index is 11.1. The minimum atomic E-state index is -0.169. The first-order valence-corrected chi connectivity index (χ1v) is 3.63. The van der Waals surface area contributed by atoms with Crippen molar-refractivity contribution in [3.63, 3.8) is 0 Å². The van der Waals surface area contributed by atoms with Crippen LogP contribution in [0.15, 0.2) is 18.7 Å². The highest BCUT2D eigenvalue weighted by Crippen LogP contribution is 2.09. The fourth-order valence-corrected chi connectivity index (χ4v) is 1.19. The van der Waals surface area contributed by atoms with Gasteiger partial charge in [-0.3, -0.25) is 9.59 Å². The van der Waals surface area contributed by atoms with Crippen molar-refractivity contribution in [3.05, 3.63) is 18.7 Å². The number of amides is 2. The van der Waals surface area contributed by atoms with Crippen LogP contribution in [0, 0.1) is 0 Å². The summed E-state index contributed by atoms with van der Waals surface area (Å²) in [6.45, 7) is 0. The Kier molecular flexibility index (Phi) is 1.43. The summed E-state index contributed by atoms with van der Waals surface area (Å²) in [5.74, 6) is -0.337. The summed E-state index contributed by atoms with van der Waals surface area (Å²) in [4.78, 5) is 26.0. The minimum absolute atomic E-state index is 0.169. The largest absolute Gasteiger partial charge is 0.272 e. The maximum absolute atomic E-state index is 11.1. The molecular formula is C7H7N3O2. The van der Waals surface area contributed by atoms with E-state index in [9.17, 15) is 9.59 Å². The van der Waals surface area contributed by atoms with E-state index < -0.39 is 0 Å². The van der Waals surface area contributed by atoms with Crippen LogP contribution in [-0.4, -0.2) is 21.5 Å². The number of aromatic nitrogens is 2. The van der Waals surface area contributed by atoms with Gasteiger partial charge in [-0.15, -0.1) is 0 Å². The summed E-state index contributed by atoms with van der Waals surface area (Å²) in [7, 11) is 0. The van der Waals surface area contributed by atoms with Crippen molar-refractivity contribution in [2.75, 3.05) is 5.01 Å². The van der Waals surface area contributed by atoms with Gasteiger partial charge in [0.1, 0.15) is 6.33 Å². The number of nitrogens with zero attached hydrogens (tertiary/aromatic N) is 3. The van der Waals surface area contributed by atoms with Crippen LogP contribution >= 0.6 is 0 Å². The maximum Gasteiger partial charge on any atom is 0.249 e. The Bertz CT molecular complexity index is 301. The number of rotatable bonds is 1. The van der Waals surface area contributed by atoms with E-state index >= 15 is 0 Å². The molecule has 0 atom stereocenters. The van der Waals surface area contributed by atoms with Crippen molar-refractivity contribution in [2.24, 2.45) is 0 Å². The topological polar surface area (TPSA) is 55.2 Å². The van der Waals surface area contributed by atoms with Gasteiger partial charge < -0.3 is 0 Å². The van der Waals surface area contributed by atoms with Crippen LogP contribution in [0.1, 0.15) is 12.8 Å². The van der Waals surface area contributed by atoms with Crippen LogP contribution in [0.2, 0.25) is 0 Å². The Morgan fingerprint density at radius 3 is 2.42 bits per heavy atom. The second kappa shape index (κ2) is 2.44. The van der Waals surface area contributed by atoms with Gasteiger partial charge in [-0.2, -0.15) is 5.01 Å². The molecule has 0 N–H and O–H groups in total. The van der Waals surface area contributed by atoms with E-state index in [1.165, 1.54) is 17.2 Å². The summed E-state index contributed by atoms with van der Waals surface area (Å²) >= 11 is 0. The molecule has 0 aliphatic carbocycles. The van der Waals surface area contributed by atoms with Gasteiger partial charge in [0.15, 0.2) is 0 Å². The second-order valence-electron chi connectivity index (χ2n) is 2.54. The minimum Gasteiger partial charge on any atom is -0.272 e. The van der Waals surface area contributed by atoms with Crippen molar-refractivity contribution < 1.29 is 9.59 Å². The third-order valence-corrected chi connectivity index (χ3v) is 1.75. The third kappa shape index (κ3) is 0.903. The summed E-state index contributed by atoms with van der Waals surface area (Å²) in [5, 5.41) is 1.10. The van der Waals surface area contributed by atoms with Gasteiger partial charge in [0.25, 0.3) is 0 Å². The van der Waals surface area contributed by atoms with Crippen molar-refractivity contribution >= 4 is 11.8 Å². The van der Waals surface area contributed by atoms with E-state index in [1.807, 2.05) is 0 Å². The standard InChI is InChI=1S/C7H7N3O2/c11-6-1-2-7(12)10(6)9-4-3-8-5-9/h3-5H,1-2H2. The van der Waals surface area contributed by atoms with Crippen molar-refractivity contribution in [1.82, 2.24) is 9.66 Å². The van der Waals surface area contributed by atoms with Crippen LogP contribution in [0.3, 0.4) is 0 Å². The lowest BCUT2D eigenvalue weighted by molar-refractivity contribution is -0.123. The molecule has 12 heavy (non-hydrogen) atoms. The van der Waals surface area contributed by atoms with Crippen LogP contribution in [-0.2, 0) is 9.59 Å². The molecule has 1 aliphatic rings. The van der Waals surface area contributed by atoms with Crippen LogP contribution in [0.4, 0.5) is 0 Å². The van der Waals surface area contributed by atoms with Crippen molar-refractivity contribution in [1.29, 1.82) is 0 Å². The lowest BCUT2D eigenvalue weighted by atomic mass is 10.4. The summed E-state index contributed by atoms with van der Waals surface area (Å²) in [6, 6.07) is 0. The SMILES string of the molecule is O=C1CCC(=O)N1n1ccnc1. The highest BCUT2D eigenvalue weighted by molar-refractivity contribution is 6.13. The Balaban J connectivity index is 2.34. The lowest BCUT2D eigenvalue weighted by Crippen LogP contribution is -2.38. The third-order valence-electron chi connectivity index (χ3n) is 1.75. The van der Waals surface area contributed by atoms with Gasteiger partial charge in [0.2, 0.25) is 11.8 Å². The summed E-state index contributed by atoms with van der Waals surface area (Å²) < 4.78 is 1.40. The Hall–Kier alpha value is -1.65. The fourth-order valence-electron chi connectivity index (χ4n) is 1.19. The number of hydrogen-bond donors (Lipinski definition) is 0. The average Bonchev–Trinajstić information content (AvgIpc) is 2.61. The second-order valence-corrected chi connectivity index (χ2v) is 2.54. The molecule has 2 heterocycles. The number of imide groups is 1. The molecule has 1 fully saturated rings. The van der Waals surface area contributed by atoms with Gasteiger partial charge in [-0.05, 0) is 0 Å². The van der Waals surface area contributed by atoms with E-state index in [4.69, 9.17) is 0 Å². The molecule has 0 saturated carbocycles. The van der Waals surface area contributed by atoms with Crippen LogP contribution in [0.25, 0.3) is 0 Å². The molecule has 1 aromatic rings. The van der Waals surface area contributed by atoms with Crippen LogP contribution in [0.5, 0.6) is 0 Å². The molecule has 1 aromatic heterocycles. The first-order valence-electron chi connectivity index (χ1n) is 3.63. The number of imidazole rings is 1. The first kappa shape index (κ1) is 7.02. The van der Waals surface area contributed by atoms with E-state index in [0.29, 0.717) is 12.8 Å². The number of hydrogen-bond acceptors (Lipinski definition) is 3. The average molecular weight is 165 g/mol. The molecule has 2 amide bonds. The molecule has 5 heteroatoms. The lowest BCUT2D eigenvalue weighted by Gasteiger charge is -2.12. The smallest absolute Gasteiger partial charge is 0.249 e. The zero-order chi connectivity index (χ0) is 8.55. The summed E-state index contributed by atoms with van der Waals surface area (Å²) in [5.41, 5.74) is 0. The zero-order valence-corrected chi connectivity index (χ0v) is 6.30. The number of carbonyl (C=O) groups excluding carboxylic acids is 2. The molecule has 0 radical (unpaired) electrons. The van der Waals surface area contributed by atoms with Gasteiger partial charge in [0, 0.05) is 25.2 Å². The molecule has 62 valence electrons. The molecule has 0 unspecified atom stereocenters. The first-order chi connectivity index (χ1) is 5.79. The van der Waals surface area contributed by atoms with Gasteiger partial charge in [-0.1, -0.05) is 0 Å². The molecule has 1 saturated heterocycles. The van der Waals surface area contributed by atoms with E-state index in [2.05, 4.69) is 4.98 Å². The summed E-state index contributed by atoms with van der Waals surface area (Å²) in [6.07, 6.45) is 5.13. The van der Waals surface area contributed by atoms with E-state index in [1.54, 1.807) is 6.20 Å². The zero-order valence-electron chi connectivity index (χ0n) is 6.30. The normalized spacial score (nSPS) is 17.5. The highest BCUT2D eigenvalue weighted by atomic mass is 16.2. The predicted octanol–water partition coefficient (Wildman–Crippen LogP) is -0.332.